The maximum atomic E-state index is 12.1. The zero-order valence-electron chi connectivity index (χ0n) is 10.0. The summed E-state index contributed by atoms with van der Waals surface area (Å²) in [6.07, 6.45) is 0. The first-order valence-electron chi connectivity index (χ1n) is 5.28. The first-order chi connectivity index (χ1) is 8.09. The Morgan fingerprint density at radius 3 is 2.35 bits per heavy atom. The molecular formula is C12H14N2O2S. The summed E-state index contributed by atoms with van der Waals surface area (Å²) in [5.41, 5.74) is 1.73. The molecule has 0 spiro atoms. The van der Waals surface area contributed by atoms with Gasteiger partial charge in [-0.05, 0) is 32.9 Å². The molecule has 1 heterocycles. The number of imidazole rings is 1. The van der Waals surface area contributed by atoms with Crippen LogP contribution in [0.2, 0.25) is 0 Å². The standard InChI is InChI=1S/C12H14N2O2S/c1-9-10(2)14(11(3)13-9)17(15)16-12-7-5-4-6-8-12/h4-8H,1-3H3. The highest BCUT2D eigenvalue weighted by atomic mass is 32.2. The lowest BCUT2D eigenvalue weighted by atomic mass is 10.3. The Morgan fingerprint density at radius 1 is 1.18 bits per heavy atom. The molecule has 0 N–H and O–H groups in total. The van der Waals surface area contributed by atoms with Gasteiger partial charge in [0.2, 0.25) is 0 Å². The average Bonchev–Trinajstić information content (AvgIpc) is 2.54. The van der Waals surface area contributed by atoms with Crippen molar-refractivity contribution in [1.29, 1.82) is 0 Å². The Morgan fingerprint density at radius 2 is 1.82 bits per heavy atom. The summed E-state index contributed by atoms with van der Waals surface area (Å²) in [4.78, 5) is 4.26. The molecule has 5 heteroatoms. The van der Waals surface area contributed by atoms with Gasteiger partial charge in [-0.25, -0.2) is 8.96 Å². The van der Waals surface area contributed by atoms with Gasteiger partial charge in [0.05, 0.1) is 11.4 Å². The highest BCUT2D eigenvalue weighted by molar-refractivity contribution is 7.79. The highest BCUT2D eigenvalue weighted by Gasteiger charge is 2.14. The van der Waals surface area contributed by atoms with Gasteiger partial charge >= 0.3 is 11.3 Å². The number of nitrogens with zero attached hydrogens (tertiary/aromatic N) is 2. The molecule has 1 aromatic heterocycles. The van der Waals surface area contributed by atoms with E-state index in [1.165, 1.54) is 0 Å². The smallest absolute Gasteiger partial charge is 0.324 e. The van der Waals surface area contributed by atoms with Crippen LogP contribution in [-0.2, 0) is 11.3 Å². The first kappa shape index (κ1) is 11.9. The van der Waals surface area contributed by atoms with Crippen molar-refractivity contribution >= 4 is 11.3 Å². The van der Waals surface area contributed by atoms with E-state index in [1.807, 2.05) is 39.0 Å². The minimum absolute atomic E-state index is 0.580. The largest absolute Gasteiger partial charge is 0.385 e. The van der Waals surface area contributed by atoms with Crippen molar-refractivity contribution in [3.8, 4) is 5.75 Å². The molecule has 0 saturated carbocycles. The van der Waals surface area contributed by atoms with Crippen molar-refractivity contribution in [2.45, 2.75) is 20.8 Å². The lowest BCUT2D eigenvalue weighted by molar-refractivity contribution is 0.550. The van der Waals surface area contributed by atoms with Crippen molar-refractivity contribution in [3.05, 3.63) is 47.5 Å². The van der Waals surface area contributed by atoms with E-state index in [-0.39, 0.29) is 0 Å². The van der Waals surface area contributed by atoms with Gasteiger partial charge in [-0.2, -0.15) is 4.21 Å². The topological polar surface area (TPSA) is 44.1 Å². The Labute approximate surface area is 103 Å². The SMILES string of the molecule is Cc1nc(C)n(S(=O)Oc2ccccc2)c1C. The summed E-state index contributed by atoms with van der Waals surface area (Å²) in [6.45, 7) is 5.58. The average molecular weight is 250 g/mol. The van der Waals surface area contributed by atoms with Crippen LogP contribution in [0.3, 0.4) is 0 Å². The second kappa shape index (κ2) is 4.71. The minimum atomic E-state index is -1.58. The second-order valence-corrected chi connectivity index (χ2v) is 4.70. The number of hydrogen-bond donors (Lipinski definition) is 0. The quantitative estimate of drug-likeness (QED) is 0.839. The maximum absolute atomic E-state index is 12.1. The van der Waals surface area contributed by atoms with Crippen molar-refractivity contribution in [2.75, 3.05) is 0 Å². The van der Waals surface area contributed by atoms with Crippen molar-refractivity contribution in [2.24, 2.45) is 0 Å². The number of para-hydroxylation sites is 1. The van der Waals surface area contributed by atoms with Gasteiger partial charge in [0, 0.05) is 0 Å². The van der Waals surface area contributed by atoms with Crippen LogP contribution < -0.4 is 4.18 Å². The van der Waals surface area contributed by atoms with Gasteiger partial charge in [-0.1, -0.05) is 18.2 Å². The second-order valence-electron chi connectivity index (χ2n) is 3.74. The van der Waals surface area contributed by atoms with Crippen LogP contribution in [0.15, 0.2) is 30.3 Å². The number of aromatic nitrogens is 2. The Kier molecular flexibility index (Phi) is 3.28. The van der Waals surface area contributed by atoms with Crippen LogP contribution in [-0.4, -0.2) is 13.2 Å². The third-order valence-corrected chi connectivity index (χ3v) is 3.68. The van der Waals surface area contributed by atoms with Crippen molar-refractivity contribution in [3.63, 3.8) is 0 Å². The van der Waals surface area contributed by atoms with Gasteiger partial charge in [-0.3, -0.25) is 0 Å². The lowest BCUT2D eigenvalue weighted by Gasteiger charge is -2.07. The molecule has 1 unspecified atom stereocenters. The van der Waals surface area contributed by atoms with E-state index < -0.39 is 11.3 Å². The molecule has 4 nitrogen and oxygen atoms in total. The zero-order chi connectivity index (χ0) is 12.4. The Bertz CT molecular complexity index is 549. The molecule has 17 heavy (non-hydrogen) atoms. The van der Waals surface area contributed by atoms with E-state index in [4.69, 9.17) is 4.18 Å². The van der Waals surface area contributed by atoms with E-state index in [9.17, 15) is 4.21 Å². The Hall–Kier alpha value is -1.62. The molecule has 2 aromatic rings. The van der Waals surface area contributed by atoms with Gasteiger partial charge in [0.25, 0.3) is 0 Å². The van der Waals surface area contributed by atoms with E-state index in [2.05, 4.69) is 4.98 Å². The number of benzene rings is 1. The predicted molar refractivity (Wildman–Crippen MR) is 67.0 cm³/mol. The molecule has 0 aliphatic carbocycles. The van der Waals surface area contributed by atoms with E-state index in [1.54, 1.807) is 16.1 Å². The van der Waals surface area contributed by atoms with Crippen molar-refractivity contribution in [1.82, 2.24) is 8.96 Å². The molecule has 0 aliphatic heterocycles. The molecule has 0 radical (unpaired) electrons. The summed E-state index contributed by atoms with van der Waals surface area (Å²) in [5, 5.41) is 0. The summed E-state index contributed by atoms with van der Waals surface area (Å²) in [5.74, 6) is 1.27. The van der Waals surface area contributed by atoms with Gasteiger partial charge in [0.1, 0.15) is 11.6 Å². The fraction of sp³-hybridized carbons (Fsp3) is 0.250. The van der Waals surface area contributed by atoms with E-state index in [0.717, 1.165) is 11.4 Å². The molecule has 0 saturated heterocycles. The number of aryl methyl sites for hydroxylation is 2. The highest BCUT2D eigenvalue weighted by Crippen LogP contribution is 2.15. The predicted octanol–water partition coefficient (Wildman–Crippen LogP) is 2.31. The number of hydrogen-bond acceptors (Lipinski definition) is 3. The van der Waals surface area contributed by atoms with Crippen LogP contribution in [0, 0.1) is 20.8 Å². The van der Waals surface area contributed by atoms with Crippen molar-refractivity contribution < 1.29 is 8.39 Å². The van der Waals surface area contributed by atoms with Crippen LogP contribution >= 0.6 is 0 Å². The summed E-state index contributed by atoms with van der Waals surface area (Å²) < 4.78 is 19.0. The number of rotatable bonds is 3. The first-order valence-corrected chi connectivity index (χ1v) is 6.31. The summed E-state index contributed by atoms with van der Waals surface area (Å²) in [6, 6.07) is 9.10. The summed E-state index contributed by atoms with van der Waals surface area (Å²) >= 11 is -1.58. The molecule has 1 atom stereocenters. The van der Waals surface area contributed by atoms with Gasteiger partial charge in [-0.15, -0.1) is 0 Å². The van der Waals surface area contributed by atoms with Crippen LogP contribution in [0.5, 0.6) is 5.75 Å². The fourth-order valence-corrected chi connectivity index (χ4v) is 2.54. The summed E-state index contributed by atoms with van der Waals surface area (Å²) in [7, 11) is 0. The van der Waals surface area contributed by atoms with Gasteiger partial charge in [0.15, 0.2) is 0 Å². The molecule has 0 fully saturated rings. The lowest BCUT2D eigenvalue weighted by Crippen LogP contribution is -2.14. The molecule has 2 rings (SSSR count). The normalized spacial score (nSPS) is 12.4. The molecular weight excluding hydrogens is 236 g/mol. The monoisotopic (exact) mass is 250 g/mol. The Balaban J connectivity index is 2.27. The van der Waals surface area contributed by atoms with Gasteiger partial charge < -0.3 is 4.18 Å². The maximum Gasteiger partial charge on any atom is 0.324 e. The minimum Gasteiger partial charge on any atom is -0.385 e. The molecule has 0 aliphatic rings. The van der Waals surface area contributed by atoms with Crippen LogP contribution in [0.4, 0.5) is 0 Å². The third-order valence-electron chi connectivity index (χ3n) is 2.51. The van der Waals surface area contributed by atoms with Crippen LogP contribution in [0.25, 0.3) is 0 Å². The fourth-order valence-electron chi connectivity index (χ4n) is 1.57. The molecule has 0 amide bonds. The molecule has 90 valence electrons. The third kappa shape index (κ3) is 2.39. The molecule has 1 aromatic carbocycles. The van der Waals surface area contributed by atoms with E-state index in [0.29, 0.717) is 11.6 Å². The molecule has 0 bridgehead atoms. The zero-order valence-corrected chi connectivity index (χ0v) is 10.8. The van der Waals surface area contributed by atoms with Crippen LogP contribution in [0.1, 0.15) is 17.2 Å². The van der Waals surface area contributed by atoms with E-state index >= 15 is 0 Å².